The highest BCUT2D eigenvalue weighted by molar-refractivity contribution is 5.72. The van der Waals surface area contributed by atoms with Crippen molar-refractivity contribution in [3.8, 4) is 17.6 Å². The van der Waals surface area contributed by atoms with Crippen molar-refractivity contribution in [2.24, 2.45) is 0 Å². The first-order valence-electron chi connectivity index (χ1n) is 5.88. The number of aryl methyl sites for hydroxylation is 2. The first-order valence-corrected chi connectivity index (χ1v) is 5.88. The summed E-state index contributed by atoms with van der Waals surface area (Å²) in [7, 11) is 1.64. The van der Waals surface area contributed by atoms with Crippen LogP contribution in [0.2, 0.25) is 0 Å². The van der Waals surface area contributed by atoms with Crippen LogP contribution in [0.3, 0.4) is 0 Å². The number of hydrogen-bond donors (Lipinski definition) is 0. The molecule has 3 nitrogen and oxygen atoms in total. The molecule has 0 aromatic heterocycles. The van der Waals surface area contributed by atoms with E-state index in [1.807, 2.05) is 26.0 Å². The molecule has 0 fully saturated rings. The highest BCUT2D eigenvalue weighted by Crippen LogP contribution is 2.20. The first-order chi connectivity index (χ1) is 8.58. The largest absolute Gasteiger partial charge is 0.497 e. The van der Waals surface area contributed by atoms with E-state index in [-0.39, 0.29) is 12.4 Å². The summed E-state index contributed by atoms with van der Waals surface area (Å²) in [6, 6.07) is 3.86. The zero-order chi connectivity index (χ0) is 13.5. The van der Waals surface area contributed by atoms with Crippen molar-refractivity contribution in [3.05, 3.63) is 28.8 Å². The molecule has 1 rings (SSSR count). The maximum Gasteiger partial charge on any atom is 0.317 e. The third-order valence-electron chi connectivity index (χ3n) is 2.49. The zero-order valence-electron chi connectivity index (χ0n) is 11.3. The summed E-state index contributed by atoms with van der Waals surface area (Å²) in [4.78, 5) is 11.2. The normalized spacial score (nSPS) is 9.33. The van der Waals surface area contributed by atoms with Gasteiger partial charge in [0, 0.05) is 5.56 Å². The van der Waals surface area contributed by atoms with Gasteiger partial charge in [-0.05, 0) is 44.0 Å². The predicted molar refractivity (Wildman–Crippen MR) is 70.6 cm³/mol. The van der Waals surface area contributed by atoms with E-state index in [0.29, 0.717) is 6.61 Å². The van der Waals surface area contributed by atoms with Crippen molar-refractivity contribution in [1.29, 1.82) is 0 Å². The van der Waals surface area contributed by atoms with E-state index < -0.39 is 0 Å². The van der Waals surface area contributed by atoms with E-state index in [1.165, 1.54) is 0 Å². The molecule has 0 atom stereocenters. The molecule has 0 unspecified atom stereocenters. The number of benzene rings is 1. The van der Waals surface area contributed by atoms with Gasteiger partial charge in [-0.1, -0.05) is 11.8 Å². The molecule has 96 valence electrons. The summed E-state index contributed by atoms with van der Waals surface area (Å²) in [6.45, 7) is 6.12. The highest BCUT2D eigenvalue weighted by atomic mass is 16.5. The van der Waals surface area contributed by atoms with E-state index in [1.54, 1.807) is 14.0 Å². The molecular formula is C15H18O3. The van der Waals surface area contributed by atoms with E-state index in [0.717, 1.165) is 22.4 Å². The van der Waals surface area contributed by atoms with Crippen LogP contribution in [0.4, 0.5) is 0 Å². The smallest absolute Gasteiger partial charge is 0.317 e. The number of ether oxygens (including phenoxy) is 2. The standard InChI is InChI=1S/C15H18O3/c1-5-18-15(16)8-6-7-14-11(2)9-13(17-4)10-12(14)3/h9-10H,5,8H2,1-4H3. The molecular weight excluding hydrogens is 228 g/mol. The Hall–Kier alpha value is -1.95. The maximum atomic E-state index is 11.2. The van der Waals surface area contributed by atoms with Crippen LogP contribution in [0.1, 0.15) is 30.0 Å². The lowest BCUT2D eigenvalue weighted by Crippen LogP contribution is -2.01. The number of rotatable bonds is 3. The molecule has 18 heavy (non-hydrogen) atoms. The van der Waals surface area contributed by atoms with E-state index in [4.69, 9.17) is 9.47 Å². The summed E-state index contributed by atoms with van der Waals surface area (Å²) >= 11 is 0. The van der Waals surface area contributed by atoms with Crippen LogP contribution in [0.25, 0.3) is 0 Å². The lowest BCUT2D eigenvalue weighted by molar-refractivity contribution is -0.141. The fourth-order valence-electron chi connectivity index (χ4n) is 1.66. The van der Waals surface area contributed by atoms with Crippen molar-refractivity contribution >= 4 is 5.97 Å². The molecule has 0 aliphatic rings. The van der Waals surface area contributed by atoms with Gasteiger partial charge in [-0.15, -0.1) is 0 Å². The molecule has 0 heterocycles. The summed E-state index contributed by atoms with van der Waals surface area (Å²) < 4.78 is 10.00. The molecule has 0 radical (unpaired) electrons. The fraction of sp³-hybridized carbons (Fsp3) is 0.400. The topological polar surface area (TPSA) is 35.5 Å². The molecule has 1 aromatic carbocycles. The molecule has 0 aliphatic heterocycles. The van der Waals surface area contributed by atoms with E-state index in [2.05, 4.69) is 11.8 Å². The average Bonchev–Trinajstić information content (AvgIpc) is 2.32. The quantitative estimate of drug-likeness (QED) is 0.607. The van der Waals surface area contributed by atoms with Gasteiger partial charge >= 0.3 is 5.97 Å². The molecule has 0 spiro atoms. The molecule has 0 amide bonds. The lowest BCUT2D eigenvalue weighted by atomic mass is 10.0. The molecule has 1 aromatic rings. The Balaban J connectivity index is 2.85. The van der Waals surface area contributed by atoms with Crippen LogP contribution < -0.4 is 4.74 Å². The monoisotopic (exact) mass is 246 g/mol. The second kappa shape index (κ2) is 6.70. The van der Waals surface area contributed by atoms with Gasteiger partial charge in [0.25, 0.3) is 0 Å². The Morgan fingerprint density at radius 1 is 1.28 bits per heavy atom. The zero-order valence-corrected chi connectivity index (χ0v) is 11.3. The van der Waals surface area contributed by atoms with Crippen LogP contribution in [-0.4, -0.2) is 19.7 Å². The van der Waals surface area contributed by atoms with Crippen molar-refractivity contribution < 1.29 is 14.3 Å². The Morgan fingerprint density at radius 2 is 1.89 bits per heavy atom. The fourth-order valence-corrected chi connectivity index (χ4v) is 1.66. The van der Waals surface area contributed by atoms with Gasteiger partial charge in [0.1, 0.15) is 12.2 Å². The van der Waals surface area contributed by atoms with Crippen LogP contribution in [-0.2, 0) is 9.53 Å². The Labute approximate surface area is 108 Å². The minimum atomic E-state index is -0.284. The van der Waals surface area contributed by atoms with Gasteiger partial charge in [-0.25, -0.2) is 0 Å². The third-order valence-corrected chi connectivity index (χ3v) is 2.49. The summed E-state index contributed by atoms with van der Waals surface area (Å²) in [5.41, 5.74) is 3.03. The SMILES string of the molecule is CCOC(=O)CC#Cc1c(C)cc(OC)cc1C. The maximum absolute atomic E-state index is 11.2. The molecule has 0 saturated carbocycles. The van der Waals surface area contributed by atoms with Crippen molar-refractivity contribution in [2.75, 3.05) is 13.7 Å². The van der Waals surface area contributed by atoms with Gasteiger partial charge in [0.2, 0.25) is 0 Å². The second-order valence-corrected chi connectivity index (χ2v) is 3.92. The summed E-state index contributed by atoms with van der Waals surface area (Å²) in [5, 5.41) is 0. The first kappa shape index (κ1) is 14.1. The summed E-state index contributed by atoms with van der Waals surface area (Å²) in [5.74, 6) is 6.39. The van der Waals surface area contributed by atoms with Gasteiger partial charge in [-0.2, -0.15) is 0 Å². The molecule has 0 aliphatic carbocycles. The minimum absolute atomic E-state index is 0.124. The van der Waals surface area contributed by atoms with Crippen LogP contribution in [0.5, 0.6) is 5.75 Å². The van der Waals surface area contributed by atoms with Crippen LogP contribution in [0, 0.1) is 25.7 Å². The Kier molecular flexibility index (Phi) is 5.26. The second-order valence-electron chi connectivity index (χ2n) is 3.92. The molecule has 3 heteroatoms. The van der Waals surface area contributed by atoms with Crippen molar-refractivity contribution in [3.63, 3.8) is 0 Å². The number of methoxy groups -OCH3 is 1. The Morgan fingerprint density at radius 3 is 2.39 bits per heavy atom. The number of esters is 1. The van der Waals surface area contributed by atoms with Crippen LogP contribution in [0.15, 0.2) is 12.1 Å². The van der Waals surface area contributed by atoms with Crippen LogP contribution >= 0.6 is 0 Å². The number of hydrogen-bond acceptors (Lipinski definition) is 3. The average molecular weight is 246 g/mol. The highest BCUT2D eigenvalue weighted by Gasteiger charge is 2.03. The summed E-state index contributed by atoms with van der Waals surface area (Å²) in [6.07, 6.45) is 0.124. The van der Waals surface area contributed by atoms with E-state index in [9.17, 15) is 4.79 Å². The number of carbonyl (C=O) groups is 1. The molecule has 0 N–H and O–H groups in total. The van der Waals surface area contributed by atoms with Crippen molar-refractivity contribution in [1.82, 2.24) is 0 Å². The molecule has 0 saturated heterocycles. The van der Waals surface area contributed by atoms with Gasteiger partial charge < -0.3 is 9.47 Å². The number of carbonyl (C=O) groups excluding carboxylic acids is 1. The van der Waals surface area contributed by atoms with Gasteiger partial charge in [0.15, 0.2) is 0 Å². The van der Waals surface area contributed by atoms with E-state index >= 15 is 0 Å². The van der Waals surface area contributed by atoms with Gasteiger partial charge in [0.05, 0.1) is 13.7 Å². The Bertz CT molecular complexity index is 469. The third kappa shape index (κ3) is 3.81. The lowest BCUT2D eigenvalue weighted by Gasteiger charge is -2.06. The van der Waals surface area contributed by atoms with Gasteiger partial charge in [-0.3, -0.25) is 4.79 Å². The van der Waals surface area contributed by atoms with Crippen molar-refractivity contribution in [2.45, 2.75) is 27.2 Å². The predicted octanol–water partition coefficient (Wildman–Crippen LogP) is 2.62. The minimum Gasteiger partial charge on any atom is -0.497 e. The molecule has 0 bridgehead atoms.